The summed E-state index contributed by atoms with van der Waals surface area (Å²) in [5.74, 6) is -0.416. The summed E-state index contributed by atoms with van der Waals surface area (Å²) < 4.78 is 7.06. The fourth-order valence-electron chi connectivity index (χ4n) is 2.06. The van der Waals surface area contributed by atoms with Crippen molar-refractivity contribution in [2.75, 3.05) is 19.0 Å². The minimum Gasteiger partial charge on any atom is -0.481 e. The molecule has 1 unspecified atom stereocenters. The maximum Gasteiger partial charge on any atom is 0.313 e. The van der Waals surface area contributed by atoms with Gasteiger partial charge in [-0.1, -0.05) is 11.8 Å². The van der Waals surface area contributed by atoms with Crippen LogP contribution in [0.1, 0.15) is 25.8 Å². The van der Waals surface area contributed by atoms with Crippen molar-refractivity contribution in [1.29, 1.82) is 0 Å². The van der Waals surface area contributed by atoms with Crippen LogP contribution in [0.25, 0.3) is 0 Å². The van der Waals surface area contributed by atoms with E-state index in [4.69, 9.17) is 9.84 Å². The Hall–Kier alpha value is -1.15. The lowest BCUT2D eigenvalue weighted by Crippen LogP contribution is -2.25. The highest BCUT2D eigenvalue weighted by atomic mass is 32.2. The third-order valence-corrected chi connectivity index (χ3v) is 4.04. The molecule has 2 rings (SSSR count). The molecule has 0 aliphatic carbocycles. The zero-order valence-corrected chi connectivity index (χ0v) is 11.0. The standard InChI is InChI=1S/C10H16N4O3S/c1-7(8-2-4-17-5-3-8)14-10(11-12-13-14)18-6-9(15)16/h7-8H,2-6H2,1H3,(H,15,16). The molecule has 100 valence electrons. The Morgan fingerprint density at radius 3 is 3.00 bits per heavy atom. The van der Waals surface area contributed by atoms with Gasteiger partial charge in [-0.15, -0.1) is 5.10 Å². The molecular formula is C10H16N4O3S. The molecule has 1 aromatic rings. The SMILES string of the molecule is CC(C1CCOCC1)n1nnnc1SCC(=O)O. The van der Waals surface area contributed by atoms with Gasteiger partial charge in [-0.3, -0.25) is 4.79 Å². The predicted octanol–water partition coefficient (Wildman–Crippen LogP) is 0.837. The van der Waals surface area contributed by atoms with Gasteiger partial charge in [0.1, 0.15) is 0 Å². The maximum absolute atomic E-state index is 10.6. The lowest BCUT2D eigenvalue weighted by molar-refractivity contribution is -0.133. The van der Waals surface area contributed by atoms with E-state index in [9.17, 15) is 4.79 Å². The zero-order chi connectivity index (χ0) is 13.0. The summed E-state index contributed by atoms with van der Waals surface area (Å²) in [5.41, 5.74) is 0. The first-order valence-corrected chi connectivity index (χ1v) is 6.87. The van der Waals surface area contributed by atoms with Crippen molar-refractivity contribution in [3.8, 4) is 0 Å². The highest BCUT2D eigenvalue weighted by Crippen LogP contribution is 2.29. The van der Waals surface area contributed by atoms with E-state index in [2.05, 4.69) is 22.4 Å². The molecule has 0 bridgehead atoms. The van der Waals surface area contributed by atoms with Gasteiger partial charge < -0.3 is 9.84 Å². The summed E-state index contributed by atoms with van der Waals surface area (Å²) in [7, 11) is 0. The van der Waals surface area contributed by atoms with Crippen LogP contribution in [0.4, 0.5) is 0 Å². The Balaban J connectivity index is 2.02. The molecule has 0 spiro atoms. The van der Waals surface area contributed by atoms with E-state index in [1.165, 1.54) is 0 Å². The van der Waals surface area contributed by atoms with Crippen molar-refractivity contribution in [3.63, 3.8) is 0 Å². The van der Waals surface area contributed by atoms with Gasteiger partial charge in [-0.2, -0.15) is 0 Å². The average molecular weight is 272 g/mol. The molecule has 1 aliphatic rings. The van der Waals surface area contributed by atoms with Crippen molar-refractivity contribution in [2.45, 2.75) is 31.0 Å². The summed E-state index contributed by atoms with van der Waals surface area (Å²) in [6.07, 6.45) is 1.98. The molecule has 0 aromatic carbocycles. The number of hydrogen-bond acceptors (Lipinski definition) is 6. The minimum atomic E-state index is -0.867. The number of thioether (sulfide) groups is 1. The van der Waals surface area contributed by atoms with E-state index in [-0.39, 0.29) is 11.8 Å². The number of hydrogen-bond donors (Lipinski definition) is 1. The summed E-state index contributed by atoms with van der Waals surface area (Å²) in [6, 6.07) is 0.167. The number of tetrazole rings is 1. The molecule has 2 heterocycles. The first kappa shape index (κ1) is 13.3. The molecule has 8 heteroatoms. The van der Waals surface area contributed by atoms with Crippen molar-refractivity contribution in [1.82, 2.24) is 20.2 Å². The third kappa shape index (κ3) is 3.20. The summed E-state index contributed by atoms with van der Waals surface area (Å²) >= 11 is 1.15. The van der Waals surface area contributed by atoms with Crippen molar-refractivity contribution in [2.24, 2.45) is 5.92 Å². The molecule has 1 atom stereocenters. The second-order valence-corrected chi connectivity index (χ2v) is 5.22. The molecular weight excluding hydrogens is 256 g/mol. The van der Waals surface area contributed by atoms with Gasteiger partial charge in [0, 0.05) is 13.2 Å². The van der Waals surface area contributed by atoms with E-state index in [1.807, 2.05) is 0 Å². The molecule has 1 fully saturated rings. The number of ether oxygens (including phenoxy) is 1. The number of carboxylic acid groups (broad SMARTS) is 1. The number of carboxylic acids is 1. The molecule has 7 nitrogen and oxygen atoms in total. The first-order valence-electron chi connectivity index (χ1n) is 5.88. The second kappa shape index (κ2) is 6.14. The fourth-order valence-corrected chi connectivity index (χ4v) is 2.74. The molecule has 1 aromatic heterocycles. The maximum atomic E-state index is 10.6. The minimum absolute atomic E-state index is 0.0269. The van der Waals surface area contributed by atoms with Crippen molar-refractivity contribution >= 4 is 17.7 Å². The van der Waals surface area contributed by atoms with Gasteiger partial charge in [-0.05, 0) is 36.1 Å². The summed E-state index contributed by atoms with van der Waals surface area (Å²) in [4.78, 5) is 10.6. The van der Waals surface area contributed by atoms with Gasteiger partial charge in [-0.25, -0.2) is 4.68 Å². The topological polar surface area (TPSA) is 90.1 Å². The van der Waals surface area contributed by atoms with Crippen LogP contribution < -0.4 is 0 Å². The van der Waals surface area contributed by atoms with Crippen LogP contribution in [-0.2, 0) is 9.53 Å². The highest BCUT2D eigenvalue weighted by Gasteiger charge is 2.25. The van der Waals surface area contributed by atoms with E-state index in [1.54, 1.807) is 4.68 Å². The molecule has 18 heavy (non-hydrogen) atoms. The van der Waals surface area contributed by atoms with Gasteiger partial charge >= 0.3 is 5.97 Å². The number of aromatic nitrogens is 4. The molecule has 0 radical (unpaired) electrons. The summed E-state index contributed by atoms with van der Waals surface area (Å²) in [5, 5.41) is 20.7. The summed E-state index contributed by atoms with van der Waals surface area (Å²) in [6.45, 7) is 3.61. The number of rotatable bonds is 5. The van der Waals surface area contributed by atoms with Crippen molar-refractivity contribution in [3.05, 3.63) is 0 Å². The number of nitrogens with zero attached hydrogens (tertiary/aromatic N) is 4. The molecule has 1 aliphatic heterocycles. The van der Waals surface area contributed by atoms with E-state index in [0.717, 1.165) is 37.8 Å². The average Bonchev–Trinajstić information content (AvgIpc) is 2.85. The van der Waals surface area contributed by atoms with E-state index in [0.29, 0.717) is 11.1 Å². The fraction of sp³-hybridized carbons (Fsp3) is 0.800. The Morgan fingerprint density at radius 1 is 1.61 bits per heavy atom. The Morgan fingerprint density at radius 2 is 2.33 bits per heavy atom. The third-order valence-electron chi connectivity index (χ3n) is 3.12. The van der Waals surface area contributed by atoms with Crippen LogP contribution in [0.2, 0.25) is 0 Å². The van der Waals surface area contributed by atoms with Gasteiger partial charge in [0.15, 0.2) is 0 Å². The molecule has 0 saturated carbocycles. The largest absolute Gasteiger partial charge is 0.481 e. The predicted molar refractivity (Wildman–Crippen MR) is 64.4 cm³/mol. The highest BCUT2D eigenvalue weighted by molar-refractivity contribution is 7.99. The van der Waals surface area contributed by atoms with Crippen molar-refractivity contribution < 1.29 is 14.6 Å². The smallest absolute Gasteiger partial charge is 0.313 e. The van der Waals surface area contributed by atoms with Gasteiger partial charge in [0.2, 0.25) is 5.16 Å². The lowest BCUT2D eigenvalue weighted by atomic mass is 9.93. The number of aliphatic carboxylic acids is 1. The quantitative estimate of drug-likeness (QED) is 0.794. The Kier molecular flexibility index (Phi) is 4.54. The zero-order valence-electron chi connectivity index (χ0n) is 10.2. The van der Waals surface area contributed by atoms with Gasteiger partial charge in [0.25, 0.3) is 0 Å². The molecule has 1 N–H and O–H groups in total. The normalized spacial score (nSPS) is 18.7. The molecule has 1 saturated heterocycles. The monoisotopic (exact) mass is 272 g/mol. The number of carbonyl (C=O) groups is 1. The Bertz CT molecular complexity index is 406. The van der Waals surface area contributed by atoms with E-state index < -0.39 is 5.97 Å². The van der Waals surface area contributed by atoms with Crippen LogP contribution in [0.5, 0.6) is 0 Å². The van der Waals surface area contributed by atoms with Crippen LogP contribution >= 0.6 is 11.8 Å². The molecule has 0 amide bonds. The van der Waals surface area contributed by atoms with Crippen LogP contribution in [-0.4, -0.2) is 50.2 Å². The van der Waals surface area contributed by atoms with Crippen LogP contribution in [0.15, 0.2) is 5.16 Å². The first-order chi connectivity index (χ1) is 8.68. The van der Waals surface area contributed by atoms with Gasteiger partial charge in [0.05, 0.1) is 11.8 Å². The lowest BCUT2D eigenvalue weighted by Gasteiger charge is -2.27. The van der Waals surface area contributed by atoms with Crippen LogP contribution in [0, 0.1) is 5.92 Å². The van der Waals surface area contributed by atoms with Crippen LogP contribution in [0.3, 0.4) is 0 Å². The van der Waals surface area contributed by atoms with E-state index >= 15 is 0 Å². The second-order valence-electron chi connectivity index (χ2n) is 4.28. The Labute approximate surface area is 109 Å².